The number of amides is 1. The van der Waals surface area contributed by atoms with E-state index in [2.05, 4.69) is 15.5 Å². The molecule has 0 spiro atoms. The first-order valence-electron chi connectivity index (χ1n) is 5.94. The number of nitrogens with zero attached hydrogens (tertiary/aromatic N) is 3. The molecular weight excluding hydrogens is 330 g/mol. The van der Waals surface area contributed by atoms with E-state index in [4.69, 9.17) is 17.3 Å². The Bertz CT molecular complexity index is 646. The van der Waals surface area contributed by atoms with E-state index < -0.39 is 0 Å². The minimum atomic E-state index is -0.172. The van der Waals surface area contributed by atoms with Crippen molar-refractivity contribution in [2.24, 2.45) is 0 Å². The van der Waals surface area contributed by atoms with Crippen LogP contribution in [0.2, 0.25) is 5.02 Å². The van der Waals surface area contributed by atoms with Gasteiger partial charge >= 0.3 is 0 Å². The molecule has 0 fully saturated rings. The van der Waals surface area contributed by atoms with Crippen molar-refractivity contribution in [3.05, 3.63) is 23.2 Å². The van der Waals surface area contributed by atoms with Crippen LogP contribution in [-0.2, 0) is 4.79 Å². The molecule has 1 aromatic heterocycles. The zero-order valence-corrected chi connectivity index (χ0v) is 13.8. The Morgan fingerprint density at radius 3 is 2.90 bits per heavy atom. The molecule has 112 valence electrons. The number of carbonyl (C=O) groups is 1. The van der Waals surface area contributed by atoms with E-state index in [0.29, 0.717) is 16.4 Å². The minimum Gasteiger partial charge on any atom is -0.399 e. The molecular formula is C12H14ClN5OS2. The summed E-state index contributed by atoms with van der Waals surface area (Å²) < 4.78 is 0.743. The van der Waals surface area contributed by atoms with Crippen LogP contribution in [0.4, 0.5) is 16.5 Å². The van der Waals surface area contributed by atoms with E-state index in [1.807, 2.05) is 19.0 Å². The van der Waals surface area contributed by atoms with Crippen LogP contribution in [0.25, 0.3) is 0 Å². The molecule has 0 aliphatic heterocycles. The standard InChI is InChI=1S/C12H14ClN5OS2/c1-18(2)11-16-17-12(21-11)20-6-10(19)15-9-5-7(14)3-4-8(9)13/h3-5H,6,14H2,1-2H3,(H,15,19). The smallest absolute Gasteiger partial charge is 0.234 e. The van der Waals surface area contributed by atoms with Crippen LogP contribution in [0.15, 0.2) is 22.5 Å². The fraction of sp³-hybridized carbons (Fsp3) is 0.250. The van der Waals surface area contributed by atoms with Crippen LogP contribution in [0.1, 0.15) is 0 Å². The van der Waals surface area contributed by atoms with E-state index in [1.54, 1.807) is 18.2 Å². The molecule has 9 heteroatoms. The van der Waals surface area contributed by atoms with E-state index in [9.17, 15) is 4.79 Å². The summed E-state index contributed by atoms with van der Waals surface area (Å²) in [7, 11) is 3.78. The Hall–Kier alpha value is -1.51. The number of hydrogen-bond acceptors (Lipinski definition) is 7. The molecule has 0 saturated heterocycles. The molecule has 1 heterocycles. The number of carbonyl (C=O) groups excluding carboxylic acids is 1. The van der Waals surface area contributed by atoms with Gasteiger partial charge < -0.3 is 16.0 Å². The molecule has 0 aliphatic carbocycles. The van der Waals surface area contributed by atoms with E-state index >= 15 is 0 Å². The van der Waals surface area contributed by atoms with Gasteiger partial charge in [0.05, 0.1) is 16.5 Å². The number of nitrogens with two attached hydrogens (primary N) is 1. The Kier molecular flexibility index (Phi) is 5.27. The molecule has 0 aliphatic rings. The lowest BCUT2D eigenvalue weighted by Gasteiger charge is -2.07. The summed E-state index contributed by atoms with van der Waals surface area (Å²) >= 11 is 8.76. The summed E-state index contributed by atoms with van der Waals surface area (Å²) in [6.07, 6.45) is 0. The maximum Gasteiger partial charge on any atom is 0.234 e. The van der Waals surface area contributed by atoms with Crippen LogP contribution in [-0.4, -0.2) is 36.0 Å². The molecule has 0 unspecified atom stereocenters. The zero-order valence-electron chi connectivity index (χ0n) is 11.5. The summed E-state index contributed by atoms with van der Waals surface area (Å²) in [5.74, 6) is 0.0572. The highest BCUT2D eigenvalue weighted by atomic mass is 35.5. The third kappa shape index (κ3) is 4.48. The number of thioether (sulfide) groups is 1. The average Bonchev–Trinajstić information content (AvgIpc) is 2.90. The summed E-state index contributed by atoms with van der Waals surface area (Å²) in [6, 6.07) is 4.95. The Morgan fingerprint density at radius 1 is 1.48 bits per heavy atom. The predicted octanol–water partition coefficient (Wildman–Crippen LogP) is 2.57. The van der Waals surface area contributed by atoms with E-state index in [0.717, 1.165) is 9.47 Å². The van der Waals surface area contributed by atoms with Crippen molar-refractivity contribution >= 4 is 57.1 Å². The van der Waals surface area contributed by atoms with Gasteiger partial charge in [0, 0.05) is 19.8 Å². The lowest BCUT2D eigenvalue weighted by Crippen LogP contribution is -2.14. The van der Waals surface area contributed by atoms with Crippen LogP contribution >= 0.6 is 34.7 Å². The number of benzene rings is 1. The lowest BCUT2D eigenvalue weighted by atomic mass is 10.3. The number of halogens is 1. The number of hydrogen-bond donors (Lipinski definition) is 2. The Labute approximate surface area is 135 Å². The predicted molar refractivity (Wildman–Crippen MR) is 89.5 cm³/mol. The maximum absolute atomic E-state index is 11.9. The highest BCUT2D eigenvalue weighted by molar-refractivity contribution is 8.01. The first-order chi connectivity index (χ1) is 9.95. The summed E-state index contributed by atoms with van der Waals surface area (Å²) in [4.78, 5) is 13.8. The van der Waals surface area contributed by atoms with Gasteiger partial charge in [0.25, 0.3) is 0 Å². The largest absolute Gasteiger partial charge is 0.399 e. The highest BCUT2D eigenvalue weighted by Crippen LogP contribution is 2.28. The molecule has 1 amide bonds. The molecule has 0 bridgehead atoms. The fourth-order valence-corrected chi connectivity index (χ4v) is 3.12. The second-order valence-corrected chi connectivity index (χ2v) is 6.91. The Morgan fingerprint density at radius 2 is 2.24 bits per heavy atom. The van der Waals surface area contributed by atoms with Gasteiger partial charge in [-0.05, 0) is 18.2 Å². The van der Waals surface area contributed by atoms with Crippen LogP contribution in [0.5, 0.6) is 0 Å². The van der Waals surface area contributed by atoms with Gasteiger partial charge in [0.15, 0.2) is 4.34 Å². The van der Waals surface area contributed by atoms with E-state index in [1.165, 1.54) is 23.1 Å². The topological polar surface area (TPSA) is 84.1 Å². The monoisotopic (exact) mass is 343 g/mol. The summed E-state index contributed by atoms with van der Waals surface area (Å²) in [5.41, 5.74) is 6.71. The van der Waals surface area contributed by atoms with Crippen molar-refractivity contribution in [1.82, 2.24) is 10.2 Å². The third-order valence-electron chi connectivity index (χ3n) is 2.37. The second-order valence-electron chi connectivity index (χ2n) is 4.32. The summed E-state index contributed by atoms with van der Waals surface area (Å²) in [5, 5.41) is 12.0. The Balaban J connectivity index is 1.91. The maximum atomic E-state index is 11.9. The van der Waals surface area contributed by atoms with Gasteiger partial charge in [0.2, 0.25) is 11.0 Å². The van der Waals surface area contributed by atoms with Crippen molar-refractivity contribution in [3.63, 3.8) is 0 Å². The van der Waals surface area contributed by atoms with Crippen molar-refractivity contribution in [1.29, 1.82) is 0 Å². The summed E-state index contributed by atoms with van der Waals surface area (Å²) in [6.45, 7) is 0. The quantitative estimate of drug-likeness (QED) is 0.641. The zero-order chi connectivity index (χ0) is 15.4. The van der Waals surface area contributed by atoms with Gasteiger partial charge in [-0.2, -0.15) is 0 Å². The molecule has 0 radical (unpaired) electrons. The van der Waals surface area contributed by atoms with Gasteiger partial charge in [-0.15, -0.1) is 10.2 Å². The van der Waals surface area contributed by atoms with Crippen LogP contribution < -0.4 is 16.0 Å². The number of anilines is 3. The van der Waals surface area contributed by atoms with Crippen molar-refractivity contribution in [2.45, 2.75) is 4.34 Å². The molecule has 2 aromatic rings. The van der Waals surface area contributed by atoms with Gasteiger partial charge in [-0.25, -0.2) is 0 Å². The van der Waals surface area contributed by atoms with Gasteiger partial charge in [-0.3, -0.25) is 4.79 Å². The van der Waals surface area contributed by atoms with Crippen molar-refractivity contribution < 1.29 is 4.79 Å². The van der Waals surface area contributed by atoms with Crippen molar-refractivity contribution in [2.75, 3.05) is 35.8 Å². The van der Waals surface area contributed by atoms with Gasteiger partial charge in [0.1, 0.15) is 0 Å². The van der Waals surface area contributed by atoms with Crippen LogP contribution in [0.3, 0.4) is 0 Å². The van der Waals surface area contributed by atoms with Crippen LogP contribution in [0, 0.1) is 0 Å². The molecule has 21 heavy (non-hydrogen) atoms. The molecule has 6 nitrogen and oxygen atoms in total. The molecule has 0 saturated carbocycles. The lowest BCUT2D eigenvalue weighted by molar-refractivity contribution is -0.113. The molecule has 2 rings (SSSR count). The average molecular weight is 344 g/mol. The van der Waals surface area contributed by atoms with Crippen molar-refractivity contribution in [3.8, 4) is 0 Å². The number of nitrogen functional groups attached to an aromatic ring is 1. The molecule has 3 N–H and O–H groups in total. The molecule has 1 aromatic carbocycles. The number of nitrogens with one attached hydrogen (secondary N) is 1. The first-order valence-corrected chi connectivity index (χ1v) is 8.12. The minimum absolute atomic E-state index is 0.172. The number of aromatic nitrogens is 2. The first kappa shape index (κ1) is 15.9. The normalized spacial score (nSPS) is 10.4. The van der Waals surface area contributed by atoms with Gasteiger partial charge in [-0.1, -0.05) is 34.7 Å². The third-order valence-corrected chi connectivity index (χ3v) is 4.92. The number of rotatable bonds is 5. The fourth-order valence-electron chi connectivity index (χ4n) is 1.39. The SMILES string of the molecule is CN(C)c1nnc(SCC(=O)Nc2cc(N)ccc2Cl)s1. The molecule has 0 atom stereocenters. The van der Waals surface area contributed by atoms with E-state index in [-0.39, 0.29) is 11.7 Å². The highest BCUT2D eigenvalue weighted by Gasteiger charge is 2.10. The second kappa shape index (κ2) is 6.97.